The quantitative estimate of drug-likeness (QED) is 0.181. The van der Waals surface area contributed by atoms with E-state index in [4.69, 9.17) is 4.74 Å². The zero-order chi connectivity index (χ0) is 22.4. The second kappa shape index (κ2) is 7.09. The molecule has 0 spiro atoms. The lowest BCUT2D eigenvalue weighted by molar-refractivity contribution is -0.386. The maximum Gasteiger partial charge on any atom is 0.315 e. The molecule has 3 rings (SSSR count). The topological polar surface area (TPSA) is 194 Å². The number of phenolic OH excluding ortho intramolecular Hbond substituents is 4. The number of phenols is 4. The second-order valence-corrected chi connectivity index (χ2v) is 6.59. The highest BCUT2D eigenvalue weighted by molar-refractivity contribution is 5.80. The molecule has 1 atom stereocenters. The number of nitro groups is 1. The number of fused-ring (bicyclic) bond motifs is 1. The molecule has 1 amide bonds. The molecule has 2 aromatic carbocycles. The number of hydrogen-bond donors (Lipinski definition) is 6. The van der Waals surface area contributed by atoms with E-state index in [-0.39, 0.29) is 27.7 Å². The lowest BCUT2D eigenvalue weighted by atomic mass is 9.85. The van der Waals surface area contributed by atoms with Crippen molar-refractivity contribution >= 4 is 17.4 Å². The highest BCUT2D eigenvalue weighted by Gasteiger charge is 2.41. The van der Waals surface area contributed by atoms with E-state index < -0.39 is 51.5 Å². The number of hydroxylamine groups is 2. The van der Waals surface area contributed by atoms with Gasteiger partial charge in [-0.1, -0.05) is 0 Å². The average Bonchev–Trinajstić information content (AvgIpc) is 2.61. The van der Waals surface area contributed by atoms with Gasteiger partial charge in [0.1, 0.15) is 28.6 Å². The third kappa shape index (κ3) is 3.52. The van der Waals surface area contributed by atoms with Gasteiger partial charge >= 0.3 is 5.69 Å². The number of ether oxygens (including phenoxy) is 1. The van der Waals surface area contributed by atoms with Crippen LogP contribution >= 0.6 is 0 Å². The monoisotopic (exact) mass is 420 g/mol. The summed E-state index contributed by atoms with van der Waals surface area (Å²) in [4.78, 5) is 22.2. The molecule has 0 bridgehead atoms. The van der Waals surface area contributed by atoms with Gasteiger partial charge in [-0.05, 0) is 12.1 Å². The van der Waals surface area contributed by atoms with E-state index in [1.807, 2.05) is 0 Å². The minimum absolute atomic E-state index is 0.159. The molecule has 1 aliphatic rings. The number of aliphatic hydroxyl groups is 1. The third-order valence-corrected chi connectivity index (χ3v) is 4.42. The number of carbonyl (C=O) groups is 1. The van der Waals surface area contributed by atoms with Crippen molar-refractivity contribution < 1.29 is 45.2 Å². The molecule has 1 aliphatic heterocycles. The van der Waals surface area contributed by atoms with Gasteiger partial charge in [-0.3, -0.25) is 20.1 Å². The van der Waals surface area contributed by atoms with Crippen LogP contribution in [0.3, 0.4) is 0 Å². The zero-order valence-corrected chi connectivity index (χ0v) is 15.3. The largest absolute Gasteiger partial charge is 0.508 e. The van der Waals surface area contributed by atoms with Crippen LogP contribution in [0.1, 0.15) is 17.5 Å². The fraction of sp³-hybridized carbons (Fsp3) is 0.167. The molecule has 0 saturated heterocycles. The number of hydrogen-bond acceptors (Lipinski definition) is 10. The van der Waals surface area contributed by atoms with Gasteiger partial charge in [-0.2, -0.15) is 0 Å². The Labute approximate surface area is 167 Å². The molecule has 1 unspecified atom stereocenters. The van der Waals surface area contributed by atoms with Gasteiger partial charge in [0.05, 0.1) is 16.9 Å². The van der Waals surface area contributed by atoms with Gasteiger partial charge < -0.3 is 30.3 Å². The maximum absolute atomic E-state index is 12.0. The summed E-state index contributed by atoms with van der Waals surface area (Å²) in [5.41, 5.74) is -3.57. The number of benzene rings is 2. The highest BCUT2D eigenvalue weighted by atomic mass is 16.6. The Morgan fingerprint density at radius 3 is 2.43 bits per heavy atom. The Kier molecular flexibility index (Phi) is 4.89. The maximum atomic E-state index is 12.0. The first kappa shape index (κ1) is 20.7. The second-order valence-electron chi connectivity index (χ2n) is 6.59. The molecule has 1 heterocycles. The Morgan fingerprint density at radius 1 is 1.17 bits per heavy atom. The molecule has 0 saturated carbocycles. The van der Waals surface area contributed by atoms with E-state index >= 15 is 0 Å². The molecule has 12 nitrogen and oxygen atoms in total. The first-order valence-electron chi connectivity index (χ1n) is 8.28. The molecule has 158 valence electrons. The Morgan fingerprint density at radius 2 is 1.83 bits per heavy atom. The fourth-order valence-electron chi connectivity index (χ4n) is 3.05. The van der Waals surface area contributed by atoms with Gasteiger partial charge in [-0.15, -0.1) is 0 Å². The summed E-state index contributed by atoms with van der Waals surface area (Å²) in [5, 5.41) is 71.3. The fourth-order valence-corrected chi connectivity index (χ4v) is 3.05. The summed E-state index contributed by atoms with van der Waals surface area (Å²) in [6.07, 6.45) is 0.174. The summed E-state index contributed by atoms with van der Waals surface area (Å²) >= 11 is 0. The van der Waals surface area contributed by atoms with Crippen molar-refractivity contribution in [2.24, 2.45) is 0 Å². The molecule has 30 heavy (non-hydrogen) atoms. The number of nitro benzene ring substituents is 1. The normalized spacial score (nSPS) is 17.5. The van der Waals surface area contributed by atoms with Crippen LogP contribution in [-0.2, 0) is 10.4 Å². The van der Waals surface area contributed by atoms with Crippen LogP contribution in [0.5, 0.6) is 28.7 Å². The van der Waals surface area contributed by atoms with Crippen LogP contribution < -0.4 is 4.74 Å². The number of rotatable bonds is 4. The van der Waals surface area contributed by atoms with E-state index in [9.17, 15) is 45.6 Å². The number of carbonyl (C=O) groups excluding carboxylic acids is 1. The predicted octanol–water partition coefficient (Wildman–Crippen LogP) is 1.28. The first-order valence-corrected chi connectivity index (χ1v) is 8.28. The standard InChI is InChI=1S/C18H16N2O10/c1-19(27)15(24)7-18(26)6-14(30-13-5-9(21)4-11(22)16(13)18)8-2-10(20(28)29)17(25)12(23)3-8/h2-6,21-23,25-27H,7H2,1H3. The van der Waals surface area contributed by atoms with Crippen LogP contribution in [0.15, 0.2) is 30.3 Å². The van der Waals surface area contributed by atoms with E-state index in [0.29, 0.717) is 0 Å². The van der Waals surface area contributed by atoms with E-state index in [1.54, 1.807) is 0 Å². The Balaban J connectivity index is 2.22. The lowest BCUT2D eigenvalue weighted by Gasteiger charge is -2.33. The van der Waals surface area contributed by atoms with Gasteiger partial charge in [-0.25, -0.2) is 5.06 Å². The van der Waals surface area contributed by atoms with E-state index in [1.165, 1.54) is 0 Å². The number of amides is 1. The van der Waals surface area contributed by atoms with Crippen LogP contribution in [0.25, 0.3) is 5.76 Å². The van der Waals surface area contributed by atoms with Crippen molar-refractivity contribution in [3.8, 4) is 28.7 Å². The summed E-state index contributed by atoms with van der Waals surface area (Å²) in [7, 11) is 1.02. The highest BCUT2D eigenvalue weighted by Crippen LogP contribution is 2.49. The van der Waals surface area contributed by atoms with Crippen LogP contribution in [0, 0.1) is 10.1 Å². The van der Waals surface area contributed by atoms with Crippen molar-refractivity contribution in [3.63, 3.8) is 0 Å². The molecule has 0 radical (unpaired) electrons. The average molecular weight is 420 g/mol. The molecule has 2 aromatic rings. The summed E-state index contributed by atoms with van der Waals surface area (Å²) in [6, 6.07) is 3.70. The summed E-state index contributed by atoms with van der Waals surface area (Å²) in [6.45, 7) is 0. The van der Waals surface area contributed by atoms with Crippen LogP contribution in [-0.4, -0.2) is 53.7 Å². The van der Waals surface area contributed by atoms with Gasteiger partial charge in [0, 0.05) is 30.8 Å². The van der Waals surface area contributed by atoms with Crippen molar-refractivity contribution in [1.29, 1.82) is 0 Å². The van der Waals surface area contributed by atoms with Crippen LogP contribution in [0.2, 0.25) is 0 Å². The predicted molar refractivity (Wildman–Crippen MR) is 97.9 cm³/mol. The molecule has 0 aromatic heterocycles. The minimum Gasteiger partial charge on any atom is -0.508 e. The minimum atomic E-state index is -2.27. The van der Waals surface area contributed by atoms with Crippen molar-refractivity contribution in [2.75, 3.05) is 7.05 Å². The van der Waals surface area contributed by atoms with Gasteiger partial charge in [0.2, 0.25) is 11.7 Å². The van der Waals surface area contributed by atoms with E-state index in [2.05, 4.69) is 0 Å². The van der Waals surface area contributed by atoms with Crippen LogP contribution in [0.4, 0.5) is 5.69 Å². The lowest BCUT2D eigenvalue weighted by Crippen LogP contribution is -2.35. The molecule has 0 fully saturated rings. The van der Waals surface area contributed by atoms with Crippen molar-refractivity contribution in [1.82, 2.24) is 5.06 Å². The van der Waals surface area contributed by atoms with Gasteiger partial charge in [0.15, 0.2) is 5.75 Å². The Hall–Kier alpha value is -4.03. The van der Waals surface area contributed by atoms with E-state index in [0.717, 1.165) is 37.4 Å². The Bertz CT molecular complexity index is 1090. The first-order chi connectivity index (χ1) is 13.9. The molecule has 12 heteroatoms. The molecular formula is C18H16N2O10. The molecule has 0 aliphatic carbocycles. The SMILES string of the molecule is CN(O)C(=O)CC1(O)C=C(c2cc(O)c(O)c([N+](=O)[O-])c2)Oc2cc(O)cc(O)c21. The molecule has 6 N–H and O–H groups in total. The molecular weight excluding hydrogens is 404 g/mol. The summed E-state index contributed by atoms with van der Waals surface area (Å²) < 4.78 is 5.53. The smallest absolute Gasteiger partial charge is 0.315 e. The third-order valence-electron chi connectivity index (χ3n) is 4.42. The van der Waals surface area contributed by atoms with Crippen molar-refractivity contribution in [3.05, 3.63) is 51.6 Å². The van der Waals surface area contributed by atoms with Crippen molar-refractivity contribution in [2.45, 2.75) is 12.0 Å². The summed E-state index contributed by atoms with van der Waals surface area (Å²) in [5.74, 6) is -4.41. The van der Waals surface area contributed by atoms with Gasteiger partial charge in [0.25, 0.3) is 0 Å². The zero-order valence-electron chi connectivity index (χ0n) is 15.3. The number of nitrogens with zero attached hydrogens (tertiary/aromatic N) is 2. The number of aromatic hydroxyl groups is 4.